The molecule has 0 unspecified atom stereocenters. The zero-order valence-electron chi connectivity index (χ0n) is 17.2. The Morgan fingerprint density at radius 3 is 2.71 bits per heavy atom. The summed E-state index contributed by atoms with van der Waals surface area (Å²) in [6.07, 6.45) is 1.77. The standard InChI is InChI=1S/C22H21BrN2O5S/c1-4-25-20(26)18(11-13-9-16(23)19(30-5-2)17(10-13)29-3)31-22(25)24-15-8-6-7-14(12-15)21(27)28/h6-12H,4-5H2,1-3H3,(H,27,28)/b18-11-,24-22?. The van der Waals surface area contributed by atoms with Gasteiger partial charge in [-0.3, -0.25) is 9.69 Å². The highest BCUT2D eigenvalue weighted by Gasteiger charge is 2.32. The van der Waals surface area contributed by atoms with Crippen LogP contribution in [0.25, 0.3) is 6.08 Å². The maximum Gasteiger partial charge on any atom is 0.335 e. The van der Waals surface area contributed by atoms with E-state index in [1.165, 1.54) is 23.9 Å². The third-order valence-electron chi connectivity index (χ3n) is 4.36. The van der Waals surface area contributed by atoms with Gasteiger partial charge in [0, 0.05) is 6.54 Å². The predicted octanol–water partition coefficient (Wildman–Crippen LogP) is 5.18. The molecular formula is C22H21BrN2O5S. The number of carbonyl (C=O) groups is 2. The fourth-order valence-electron chi connectivity index (χ4n) is 2.95. The summed E-state index contributed by atoms with van der Waals surface area (Å²) in [7, 11) is 1.56. The number of ether oxygens (including phenoxy) is 2. The first-order valence-corrected chi connectivity index (χ1v) is 11.1. The molecule has 1 fully saturated rings. The van der Waals surface area contributed by atoms with Crippen molar-refractivity contribution in [1.82, 2.24) is 4.90 Å². The Bertz CT molecular complexity index is 1080. The summed E-state index contributed by atoms with van der Waals surface area (Å²) in [5, 5.41) is 9.68. The zero-order valence-corrected chi connectivity index (χ0v) is 19.6. The summed E-state index contributed by atoms with van der Waals surface area (Å²) in [5.41, 5.74) is 1.38. The second kappa shape index (κ2) is 10.0. The lowest BCUT2D eigenvalue weighted by Gasteiger charge is -2.12. The van der Waals surface area contributed by atoms with Crippen LogP contribution < -0.4 is 9.47 Å². The fraction of sp³-hybridized carbons (Fsp3) is 0.227. The summed E-state index contributed by atoms with van der Waals surface area (Å²) < 4.78 is 11.8. The number of amidine groups is 1. The van der Waals surface area contributed by atoms with E-state index in [0.717, 1.165) is 10.0 Å². The number of hydrogen-bond acceptors (Lipinski definition) is 6. The van der Waals surface area contributed by atoms with Crippen molar-refractivity contribution < 1.29 is 24.2 Å². The Labute approximate surface area is 192 Å². The molecule has 0 saturated carbocycles. The maximum atomic E-state index is 12.9. The van der Waals surface area contributed by atoms with E-state index in [0.29, 0.717) is 40.4 Å². The highest BCUT2D eigenvalue weighted by atomic mass is 79.9. The minimum Gasteiger partial charge on any atom is -0.493 e. The quantitative estimate of drug-likeness (QED) is 0.522. The normalized spacial score (nSPS) is 16.3. The number of aliphatic imine (C=N–C) groups is 1. The molecule has 0 aromatic heterocycles. The van der Waals surface area contributed by atoms with Gasteiger partial charge in [-0.05, 0) is 83.5 Å². The minimum atomic E-state index is -1.03. The van der Waals surface area contributed by atoms with E-state index in [1.54, 1.807) is 36.3 Å². The van der Waals surface area contributed by atoms with E-state index < -0.39 is 5.97 Å². The summed E-state index contributed by atoms with van der Waals surface area (Å²) in [5.74, 6) is -0.0247. The Hall–Kier alpha value is -2.78. The third-order valence-corrected chi connectivity index (χ3v) is 5.96. The predicted molar refractivity (Wildman–Crippen MR) is 125 cm³/mol. The van der Waals surface area contributed by atoms with Crippen molar-refractivity contribution in [1.29, 1.82) is 0 Å². The van der Waals surface area contributed by atoms with Gasteiger partial charge in [-0.2, -0.15) is 0 Å². The van der Waals surface area contributed by atoms with Crippen molar-refractivity contribution in [3.63, 3.8) is 0 Å². The molecular weight excluding hydrogens is 484 g/mol. The van der Waals surface area contributed by atoms with E-state index in [1.807, 2.05) is 19.9 Å². The highest BCUT2D eigenvalue weighted by Crippen LogP contribution is 2.39. The van der Waals surface area contributed by atoms with Gasteiger partial charge in [-0.25, -0.2) is 9.79 Å². The number of halogens is 1. The summed E-state index contributed by atoms with van der Waals surface area (Å²) in [4.78, 5) is 30.7. The number of amides is 1. The lowest BCUT2D eigenvalue weighted by atomic mass is 10.2. The van der Waals surface area contributed by atoms with E-state index in [-0.39, 0.29) is 11.5 Å². The van der Waals surface area contributed by atoms with Crippen LogP contribution >= 0.6 is 27.7 Å². The van der Waals surface area contributed by atoms with Gasteiger partial charge >= 0.3 is 5.97 Å². The van der Waals surface area contributed by atoms with Crippen LogP contribution in [0.3, 0.4) is 0 Å². The number of benzene rings is 2. The first-order valence-electron chi connectivity index (χ1n) is 9.51. The minimum absolute atomic E-state index is 0.140. The Morgan fingerprint density at radius 1 is 1.29 bits per heavy atom. The first kappa shape index (κ1) is 22.9. The lowest BCUT2D eigenvalue weighted by molar-refractivity contribution is -0.122. The number of carboxylic acid groups (broad SMARTS) is 1. The molecule has 162 valence electrons. The molecule has 7 nitrogen and oxygen atoms in total. The number of thioether (sulfide) groups is 1. The van der Waals surface area contributed by atoms with Crippen molar-refractivity contribution in [3.05, 3.63) is 56.9 Å². The van der Waals surface area contributed by atoms with E-state index in [9.17, 15) is 14.7 Å². The lowest BCUT2D eigenvalue weighted by Crippen LogP contribution is -2.28. The Balaban J connectivity index is 1.96. The summed E-state index contributed by atoms with van der Waals surface area (Å²) in [6.45, 7) is 4.69. The molecule has 0 aliphatic carbocycles. The number of hydrogen-bond donors (Lipinski definition) is 1. The van der Waals surface area contributed by atoms with Crippen molar-refractivity contribution in [2.45, 2.75) is 13.8 Å². The van der Waals surface area contributed by atoms with Gasteiger partial charge in [-0.15, -0.1) is 0 Å². The third kappa shape index (κ3) is 5.11. The Morgan fingerprint density at radius 2 is 2.06 bits per heavy atom. The van der Waals surface area contributed by atoms with Crippen LogP contribution in [0, 0.1) is 0 Å². The van der Waals surface area contributed by atoms with Crippen LogP contribution in [0.1, 0.15) is 29.8 Å². The number of methoxy groups -OCH3 is 1. The smallest absolute Gasteiger partial charge is 0.335 e. The van der Waals surface area contributed by atoms with Gasteiger partial charge in [0.15, 0.2) is 16.7 Å². The molecule has 1 amide bonds. The number of likely N-dealkylation sites (N-methyl/N-ethyl adjacent to an activating group) is 1. The molecule has 1 N–H and O–H groups in total. The van der Waals surface area contributed by atoms with Crippen LogP contribution in [0.15, 0.2) is 50.8 Å². The monoisotopic (exact) mass is 504 g/mol. The number of rotatable bonds is 7. The molecule has 0 spiro atoms. The number of aromatic carboxylic acids is 1. The molecule has 2 aromatic carbocycles. The zero-order chi connectivity index (χ0) is 22.5. The number of carboxylic acids is 1. The number of carbonyl (C=O) groups excluding carboxylic acids is 1. The first-order chi connectivity index (χ1) is 14.9. The summed E-state index contributed by atoms with van der Waals surface area (Å²) in [6, 6.07) is 9.97. The molecule has 1 aliphatic heterocycles. The fourth-order valence-corrected chi connectivity index (χ4v) is 4.58. The molecule has 31 heavy (non-hydrogen) atoms. The Kier molecular flexibility index (Phi) is 7.40. The summed E-state index contributed by atoms with van der Waals surface area (Å²) >= 11 is 4.74. The van der Waals surface area contributed by atoms with Gasteiger partial charge in [0.2, 0.25) is 0 Å². The average Bonchev–Trinajstić information content (AvgIpc) is 3.03. The number of nitrogens with zero attached hydrogens (tertiary/aromatic N) is 2. The molecule has 1 saturated heterocycles. The largest absolute Gasteiger partial charge is 0.493 e. The van der Waals surface area contributed by atoms with Crippen molar-refractivity contribution in [3.8, 4) is 11.5 Å². The van der Waals surface area contributed by atoms with Crippen LogP contribution in [-0.2, 0) is 4.79 Å². The van der Waals surface area contributed by atoms with Crippen molar-refractivity contribution in [2.24, 2.45) is 4.99 Å². The molecule has 1 heterocycles. The molecule has 1 aliphatic rings. The van der Waals surface area contributed by atoms with Gasteiger partial charge in [0.05, 0.1) is 34.3 Å². The van der Waals surface area contributed by atoms with Crippen LogP contribution in [0.2, 0.25) is 0 Å². The van der Waals surface area contributed by atoms with Gasteiger partial charge < -0.3 is 14.6 Å². The van der Waals surface area contributed by atoms with Crippen LogP contribution in [0.5, 0.6) is 11.5 Å². The highest BCUT2D eigenvalue weighted by molar-refractivity contribution is 9.10. The van der Waals surface area contributed by atoms with Gasteiger partial charge in [0.25, 0.3) is 5.91 Å². The topological polar surface area (TPSA) is 88.4 Å². The maximum absolute atomic E-state index is 12.9. The van der Waals surface area contributed by atoms with Gasteiger partial charge in [-0.1, -0.05) is 6.07 Å². The second-order valence-corrected chi connectivity index (χ2v) is 8.24. The van der Waals surface area contributed by atoms with Crippen molar-refractivity contribution >= 4 is 56.5 Å². The van der Waals surface area contributed by atoms with Gasteiger partial charge in [0.1, 0.15) is 0 Å². The van der Waals surface area contributed by atoms with Crippen molar-refractivity contribution in [2.75, 3.05) is 20.3 Å². The second-order valence-electron chi connectivity index (χ2n) is 6.38. The van der Waals surface area contributed by atoms with E-state index in [2.05, 4.69) is 20.9 Å². The molecule has 9 heteroatoms. The molecule has 0 radical (unpaired) electrons. The molecule has 0 bridgehead atoms. The van der Waals surface area contributed by atoms with E-state index >= 15 is 0 Å². The molecule has 0 atom stereocenters. The molecule has 3 rings (SSSR count). The van der Waals surface area contributed by atoms with Crippen LogP contribution in [0.4, 0.5) is 5.69 Å². The SMILES string of the molecule is CCOc1c(Br)cc(/C=C2\SC(=Nc3cccc(C(=O)O)c3)N(CC)C2=O)cc1OC. The van der Waals surface area contributed by atoms with E-state index in [4.69, 9.17) is 9.47 Å². The molecule has 2 aromatic rings. The average molecular weight is 505 g/mol. The van der Waals surface area contributed by atoms with Crippen LogP contribution in [-0.4, -0.2) is 47.3 Å².